The molecule has 0 fully saturated rings. The molecule has 1 heterocycles. The summed E-state index contributed by atoms with van der Waals surface area (Å²) < 4.78 is 0. The minimum atomic E-state index is -0.759. The van der Waals surface area contributed by atoms with Gasteiger partial charge in [0.25, 0.3) is 0 Å². The van der Waals surface area contributed by atoms with Gasteiger partial charge in [0.2, 0.25) is 5.91 Å². The third kappa shape index (κ3) is 6.87. The van der Waals surface area contributed by atoms with Gasteiger partial charge in [-0.3, -0.25) is 14.6 Å². The summed E-state index contributed by atoms with van der Waals surface area (Å²) in [6, 6.07) is 3.64. The van der Waals surface area contributed by atoms with Crippen molar-refractivity contribution in [1.29, 1.82) is 0 Å². The molecule has 0 bridgehead atoms. The van der Waals surface area contributed by atoms with Gasteiger partial charge in [-0.05, 0) is 36.5 Å². The summed E-state index contributed by atoms with van der Waals surface area (Å²) >= 11 is 0. The largest absolute Gasteiger partial charge is 0.481 e. The topological polar surface area (TPSA) is 79.3 Å². The smallest absolute Gasteiger partial charge is 0.303 e. The molecule has 0 aliphatic heterocycles. The predicted octanol–water partition coefficient (Wildman–Crippen LogP) is 2.02. The monoisotopic (exact) mass is 278 g/mol. The van der Waals surface area contributed by atoms with Gasteiger partial charge >= 0.3 is 5.97 Å². The van der Waals surface area contributed by atoms with E-state index in [-0.39, 0.29) is 12.3 Å². The molecule has 1 aromatic heterocycles. The van der Waals surface area contributed by atoms with E-state index in [1.807, 2.05) is 19.1 Å². The lowest BCUT2D eigenvalue weighted by Gasteiger charge is -2.14. The van der Waals surface area contributed by atoms with Crippen LogP contribution in [0.1, 0.15) is 38.2 Å². The van der Waals surface area contributed by atoms with E-state index < -0.39 is 5.97 Å². The van der Waals surface area contributed by atoms with E-state index in [1.54, 1.807) is 12.4 Å². The number of aliphatic carboxylic acids is 1. The molecule has 0 spiro atoms. The molecule has 0 aliphatic carbocycles. The summed E-state index contributed by atoms with van der Waals surface area (Å²) in [5.74, 6) is -0.415. The number of carbonyl (C=O) groups is 2. The standard InChI is InChI=1S/C15H22N2O3/c1-2-12(3-4-15(19)20)7-10-17-14(18)11-13-5-8-16-9-6-13/h5-6,8-9,12H,2-4,7,10-11H2,1H3,(H,17,18)(H,19,20). The van der Waals surface area contributed by atoms with Crippen LogP contribution in [0, 0.1) is 5.92 Å². The highest BCUT2D eigenvalue weighted by Gasteiger charge is 2.10. The Morgan fingerprint density at radius 2 is 2.00 bits per heavy atom. The molecule has 20 heavy (non-hydrogen) atoms. The van der Waals surface area contributed by atoms with Crippen molar-refractivity contribution in [2.75, 3.05) is 6.54 Å². The van der Waals surface area contributed by atoms with Crippen molar-refractivity contribution >= 4 is 11.9 Å². The first-order valence-electron chi connectivity index (χ1n) is 6.99. The quantitative estimate of drug-likeness (QED) is 0.724. The lowest BCUT2D eigenvalue weighted by atomic mass is 9.96. The fraction of sp³-hybridized carbons (Fsp3) is 0.533. The number of carboxylic acid groups (broad SMARTS) is 1. The van der Waals surface area contributed by atoms with Crippen LogP contribution in [0.15, 0.2) is 24.5 Å². The van der Waals surface area contributed by atoms with Crippen LogP contribution in [-0.2, 0) is 16.0 Å². The molecule has 1 amide bonds. The van der Waals surface area contributed by atoms with Gasteiger partial charge in [0.05, 0.1) is 6.42 Å². The fourth-order valence-electron chi connectivity index (χ4n) is 2.04. The zero-order valence-electron chi connectivity index (χ0n) is 11.8. The molecule has 0 aromatic carbocycles. The van der Waals surface area contributed by atoms with Crippen molar-refractivity contribution < 1.29 is 14.7 Å². The number of carboxylic acids is 1. The number of hydrogen-bond acceptors (Lipinski definition) is 3. The van der Waals surface area contributed by atoms with E-state index in [0.29, 0.717) is 25.3 Å². The molecule has 1 rings (SSSR count). The average molecular weight is 278 g/mol. The number of nitrogens with zero attached hydrogens (tertiary/aromatic N) is 1. The van der Waals surface area contributed by atoms with Crippen LogP contribution in [0.3, 0.4) is 0 Å². The zero-order valence-corrected chi connectivity index (χ0v) is 11.8. The van der Waals surface area contributed by atoms with Gasteiger partial charge in [-0.1, -0.05) is 13.3 Å². The minimum Gasteiger partial charge on any atom is -0.481 e. The van der Waals surface area contributed by atoms with Gasteiger partial charge in [0.15, 0.2) is 0 Å². The number of hydrogen-bond donors (Lipinski definition) is 2. The van der Waals surface area contributed by atoms with E-state index >= 15 is 0 Å². The summed E-state index contributed by atoms with van der Waals surface area (Å²) in [5, 5.41) is 11.5. The number of aromatic nitrogens is 1. The van der Waals surface area contributed by atoms with Crippen LogP contribution in [0.2, 0.25) is 0 Å². The molecule has 0 radical (unpaired) electrons. The van der Waals surface area contributed by atoms with Crippen molar-refractivity contribution in [2.24, 2.45) is 5.92 Å². The van der Waals surface area contributed by atoms with Crippen molar-refractivity contribution in [2.45, 2.75) is 39.0 Å². The molecule has 110 valence electrons. The summed E-state index contributed by atoms with van der Waals surface area (Å²) in [7, 11) is 0. The highest BCUT2D eigenvalue weighted by atomic mass is 16.4. The van der Waals surface area contributed by atoms with Crippen molar-refractivity contribution in [1.82, 2.24) is 10.3 Å². The molecule has 1 unspecified atom stereocenters. The summed E-state index contributed by atoms with van der Waals surface area (Å²) in [4.78, 5) is 26.2. The lowest BCUT2D eigenvalue weighted by molar-refractivity contribution is -0.137. The second-order valence-corrected chi connectivity index (χ2v) is 4.88. The molecule has 1 aromatic rings. The zero-order chi connectivity index (χ0) is 14.8. The SMILES string of the molecule is CCC(CCNC(=O)Cc1ccncc1)CCC(=O)O. The van der Waals surface area contributed by atoms with E-state index in [0.717, 1.165) is 18.4 Å². The number of rotatable bonds is 9. The van der Waals surface area contributed by atoms with Crippen molar-refractivity contribution in [3.05, 3.63) is 30.1 Å². The van der Waals surface area contributed by atoms with E-state index in [9.17, 15) is 9.59 Å². The van der Waals surface area contributed by atoms with Gasteiger partial charge in [-0.15, -0.1) is 0 Å². The fourth-order valence-corrected chi connectivity index (χ4v) is 2.04. The first kappa shape index (κ1) is 16.1. The highest BCUT2D eigenvalue weighted by molar-refractivity contribution is 5.78. The third-order valence-electron chi connectivity index (χ3n) is 3.33. The molecule has 5 nitrogen and oxygen atoms in total. The maximum Gasteiger partial charge on any atom is 0.303 e. The van der Waals surface area contributed by atoms with Gasteiger partial charge in [-0.2, -0.15) is 0 Å². The van der Waals surface area contributed by atoms with Gasteiger partial charge < -0.3 is 10.4 Å². The van der Waals surface area contributed by atoms with Crippen LogP contribution < -0.4 is 5.32 Å². The Labute approximate surface area is 119 Å². The highest BCUT2D eigenvalue weighted by Crippen LogP contribution is 2.14. The van der Waals surface area contributed by atoms with E-state index in [4.69, 9.17) is 5.11 Å². The maximum absolute atomic E-state index is 11.7. The second kappa shape index (κ2) is 9.07. The molecular weight excluding hydrogens is 256 g/mol. The van der Waals surface area contributed by atoms with Crippen LogP contribution >= 0.6 is 0 Å². The normalized spacial score (nSPS) is 11.8. The van der Waals surface area contributed by atoms with Crippen LogP contribution in [0.5, 0.6) is 0 Å². The number of pyridine rings is 1. The maximum atomic E-state index is 11.7. The Bertz CT molecular complexity index is 420. The number of amides is 1. The Morgan fingerprint density at radius 3 is 2.60 bits per heavy atom. The van der Waals surface area contributed by atoms with Crippen molar-refractivity contribution in [3.8, 4) is 0 Å². The van der Waals surface area contributed by atoms with Gasteiger partial charge in [0.1, 0.15) is 0 Å². The average Bonchev–Trinajstić information content (AvgIpc) is 2.43. The molecule has 2 N–H and O–H groups in total. The van der Waals surface area contributed by atoms with Crippen molar-refractivity contribution in [3.63, 3.8) is 0 Å². The first-order valence-corrected chi connectivity index (χ1v) is 6.99. The minimum absolute atomic E-state index is 0.00992. The Hall–Kier alpha value is -1.91. The Balaban J connectivity index is 2.21. The van der Waals surface area contributed by atoms with Crippen LogP contribution in [-0.4, -0.2) is 28.5 Å². The van der Waals surface area contributed by atoms with E-state index in [1.165, 1.54) is 0 Å². The summed E-state index contributed by atoms with van der Waals surface area (Å²) in [6.45, 7) is 2.65. The lowest BCUT2D eigenvalue weighted by Crippen LogP contribution is -2.27. The van der Waals surface area contributed by atoms with E-state index in [2.05, 4.69) is 10.3 Å². The molecular formula is C15H22N2O3. The summed E-state index contributed by atoms with van der Waals surface area (Å²) in [5.41, 5.74) is 0.940. The molecule has 0 saturated carbocycles. The van der Waals surface area contributed by atoms with Crippen LogP contribution in [0.4, 0.5) is 0 Å². The number of nitrogens with one attached hydrogen (secondary N) is 1. The molecule has 0 aliphatic rings. The number of carbonyl (C=O) groups excluding carboxylic acids is 1. The summed E-state index contributed by atoms with van der Waals surface area (Å²) in [6.07, 6.45) is 6.33. The molecule has 5 heteroatoms. The second-order valence-electron chi connectivity index (χ2n) is 4.88. The van der Waals surface area contributed by atoms with Crippen LogP contribution in [0.25, 0.3) is 0 Å². The van der Waals surface area contributed by atoms with Gasteiger partial charge in [0, 0.05) is 25.4 Å². The Kier molecular flexibility index (Phi) is 7.32. The predicted molar refractivity (Wildman–Crippen MR) is 76.2 cm³/mol. The molecule has 1 atom stereocenters. The Morgan fingerprint density at radius 1 is 1.30 bits per heavy atom. The third-order valence-corrected chi connectivity index (χ3v) is 3.33. The molecule has 0 saturated heterocycles. The van der Waals surface area contributed by atoms with Gasteiger partial charge in [-0.25, -0.2) is 0 Å². The first-order chi connectivity index (χ1) is 9.61.